The molecular formula is C14H11N3O3. The molecule has 0 aliphatic carbocycles. The van der Waals surface area contributed by atoms with Crippen LogP contribution >= 0.6 is 0 Å². The molecule has 20 heavy (non-hydrogen) atoms. The summed E-state index contributed by atoms with van der Waals surface area (Å²) >= 11 is 0. The normalized spacial score (nSPS) is 9.60. The van der Waals surface area contributed by atoms with E-state index in [1.54, 1.807) is 30.5 Å². The van der Waals surface area contributed by atoms with Crippen LogP contribution in [-0.4, -0.2) is 23.2 Å². The number of nitrogens with zero attached hydrogens (tertiary/aromatic N) is 2. The first-order valence-electron chi connectivity index (χ1n) is 5.69. The summed E-state index contributed by atoms with van der Waals surface area (Å²) in [5, 5.41) is 20.9. The maximum absolute atomic E-state index is 11.0. The Bertz CT molecular complexity index is 692. The number of ether oxygens (including phenoxy) is 1. The molecule has 0 spiro atoms. The van der Waals surface area contributed by atoms with Crippen molar-refractivity contribution in [1.82, 2.24) is 4.98 Å². The average Bonchev–Trinajstić information content (AvgIpc) is 2.47. The lowest BCUT2D eigenvalue weighted by Gasteiger charge is -2.10. The number of anilines is 2. The highest BCUT2D eigenvalue weighted by molar-refractivity contribution is 5.91. The number of hydrogen-bond acceptors (Lipinski definition) is 5. The standard InChI is InChI=1S/C14H11N3O3/c1-20-12-7-10(4-5-11(12)14(18)19)17-13-9(8-15)3-2-6-16-13/h2-7H,1H3,(H,16,17)(H,18,19). The van der Waals surface area contributed by atoms with E-state index in [1.807, 2.05) is 6.07 Å². The monoisotopic (exact) mass is 269 g/mol. The number of nitriles is 1. The molecule has 0 bridgehead atoms. The Morgan fingerprint density at radius 2 is 2.25 bits per heavy atom. The molecule has 2 N–H and O–H groups in total. The predicted molar refractivity (Wildman–Crippen MR) is 72.2 cm³/mol. The maximum Gasteiger partial charge on any atom is 0.339 e. The van der Waals surface area contributed by atoms with E-state index in [2.05, 4.69) is 10.3 Å². The van der Waals surface area contributed by atoms with E-state index in [4.69, 9.17) is 15.1 Å². The fraction of sp³-hybridized carbons (Fsp3) is 0.0714. The van der Waals surface area contributed by atoms with Gasteiger partial charge in [0.1, 0.15) is 23.2 Å². The number of benzene rings is 1. The summed E-state index contributed by atoms with van der Waals surface area (Å²) in [7, 11) is 1.40. The number of nitrogens with one attached hydrogen (secondary N) is 1. The van der Waals surface area contributed by atoms with Gasteiger partial charge in [0.05, 0.1) is 12.7 Å². The zero-order valence-electron chi connectivity index (χ0n) is 10.6. The average molecular weight is 269 g/mol. The van der Waals surface area contributed by atoms with Crippen LogP contribution in [0.25, 0.3) is 0 Å². The van der Waals surface area contributed by atoms with Gasteiger partial charge in [-0.05, 0) is 24.3 Å². The lowest BCUT2D eigenvalue weighted by Crippen LogP contribution is -2.02. The fourth-order valence-corrected chi connectivity index (χ4v) is 1.68. The Kier molecular flexibility index (Phi) is 3.82. The molecule has 0 atom stereocenters. The van der Waals surface area contributed by atoms with Crippen molar-refractivity contribution in [3.8, 4) is 11.8 Å². The molecule has 1 heterocycles. The SMILES string of the molecule is COc1cc(Nc2ncccc2C#N)ccc1C(=O)O. The van der Waals surface area contributed by atoms with Gasteiger partial charge >= 0.3 is 5.97 Å². The molecule has 1 aromatic heterocycles. The van der Waals surface area contributed by atoms with Gasteiger partial charge in [-0.1, -0.05) is 0 Å². The van der Waals surface area contributed by atoms with Crippen molar-refractivity contribution in [1.29, 1.82) is 5.26 Å². The number of aromatic carboxylic acids is 1. The number of rotatable bonds is 4. The van der Waals surface area contributed by atoms with E-state index in [0.29, 0.717) is 17.1 Å². The topological polar surface area (TPSA) is 95.2 Å². The van der Waals surface area contributed by atoms with Crippen LogP contribution in [0.1, 0.15) is 15.9 Å². The van der Waals surface area contributed by atoms with Gasteiger partial charge in [-0.25, -0.2) is 9.78 Å². The van der Waals surface area contributed by atoms with Crippen molar-refractivity contribution in [3.63, 3.8) is 0 Å². The van der Waals surface area contributed by atoms with Gasteiger partial charge in [-0.3, -0.25) is 0 Å². The quantitative estimate of drug-likeness (QED) is 0.884. The molecule has 100 valence electrons. The van der Waals surface area contributed by atoms with Crippen LogP contribution in [0.2, 0.25) is 0 Å². The second kappa shape index (κ2) is 5.71. The summed E-state index contributed by atoms with van der Waals surface area (Å²) in [5.74, 6) is -0.430. The van der Waals surface area contributed by atoms with Crippen molar-refractivity contribution in [2.24, 2.45) is 0 Å². The summed E-state index contributed by atoms with van der Waals surface area (Å²) in [6.45, 7) is 0. The van der Waals surface area contributed by atoms with E-state index in [1.165, 1.54) is 13.2 Å². The van der Waals surface area contributed by atoms with E-state index < -0.39 is 5.97 Å². The number of carboxylic acids is 1. The fourth-order valence-electron chi connectivity index (χ4n) is 1.68. The predicted octanol–water partition coefficient (Wildman–Crippen LogP) is 2.40. The molecule has 0 saturated carbocycles. The highest BCUT2D eigenvalue weighted by Crippen LogP contribution is 2.25. The Hall–Kier alpha value is -3.07. The molecule has 0 unspecified atom stereocenters. The van der Waals surface area contributed by atoms with Gasteiger partial charge < -0.3 is 15.2 Å². The third-order valence-electron chi connectivity index (χ3n) is 2.62. The highest BCUT2D eigenvalue weighted by atomic mass is 16.5. The number of carboxylic acid groups (broad SMARTS) is 1. The van der Waals surface area contributed by atoms with E-state index in [-0.39, 0.29) is 11.3 Å². The van der Waals surface area contributed by atoms with Gasteiger partial charge in [-0.15, -0.1) is 0 Å². The third kappa shape index (κ3) is 2.67. The largest absolute Gasteiger partial charge is 0.496 e. The molecule has 0 amide bonds. The van der Waals surface area contributed by atoms with Crippen LogP contribution in [0.4, 0.5) is 11.5 Å². The van der Waals surface area contributed by atoms with Crippen molar-refractivity contribution >= 4 is 17.5 Å². The molecule has 1 aromatic carbocycles. The number of carbonyl (C=O) groups is 1. The lowest BCUT2D eigenvalue weighted by molar-refractivity contribution is 0.0693. The molecule has 0 aliphatic rings. The Morgan fingerprint density at radius 1 is 1.45 bits per heavy atom. The van der Waals surface area contributed by atoms with E-state index in [0.717, 1.165) is 0 Å². The van der Waals surface area contributed by atoms with Crippen molar-refractivity contribution in [3.05, 3.63) is 47.7 Å². The molecule has 6 heteroatoms. The third-order valence-corrected chi connectivity index (χ3v) is 2.62. The summed E-state index contributed by atoms with van der Waals surface area (Å²) in [6, 6.07) is 9.88. The molecule has 2 aromatic rings. The first-order chi connectivity index (χ1) is 9.65. The summed E-state index contributed by atoms with van der Waals surface area (Å²) < 4.78 is 5.04. The minimum Gasteiger partial charge on any atom is -0.496 e. The van der Waals surface area contributed by atoms with Gasteiger partial charge in [0, 0.05) is 18.0 Å². The lowest BCUT2D eigenvalue weighted by atomic mass is 10.1. The molecule has 0 saturated heterocycles. The number of pyridine rings is 1. The van der Waals surface area contributed by atoms with Gasteiger partial charge in [-0.2, -0.15) is 5.26 Å². The van der Waals surface area contributed by atoms with Crippen LogP contribution in [-0.2, 0) is 0 Å². The second-order valence-corrected chi connectivity index (χ2v) is 3.86. The summed E-state index contributed by atoms with van der Waals surface area (Å²) in [4.78, 5) is 15.1. The minimum absolute atomic E-state index is 0.0691. The Balaban J connectivity index is 2.35. The van der Waals surface area contributed by atoms with Crippen molar-refractivity contribution in [2.45, 2.75) is 0 Å². The number of hydrogen-bond donors (Lipinski definition) is 2. The smallest absolute Gasteiger partial charge is 0.339 e. The van der Waals surface area contributed by atoms with Crippen LogP contribution in [0, 0.1) is 11.3 Å². The molecule has 6 nitrogen and oxygen atoms in total. The van der Waals surface area contributed by atoms with Crippen LogP contribution in [0.5, 0.6) is 5.75 Å². The Morgan fingerprint density at radius 3 is 2.90 bits per heavy atom. The molecule has 0 radical (unpaired) electrons. The molecule has 0 aliphatic heterocycles. The van der Waals surface area contributed by atoms with Crippen LogP contribution < -0.4 is 10.1 Å². The maximum atomic E-state index is 11.0. The van der Waals surface area contributed by atoms with Crippen molar-refractivity contribution in [2.75, 3.05) is 12.4 Å². The first kappa shape index (κ1) is 13.4. The van der Waals surface area contributed by atoms with E-state index in [9.17, 15) is 4.79 Å². The van der Waals surface area contributed by atoms with Crippen LogP contribution in [0.3, 0.4) is 0 Å². The van der Waals surface area contributed by atoms with Gasteiger partial charge in [0.2, 0.25) is 0 Å². The molecule has 0 fully saturated rings. The zero-order chi connectivity index (χ0) is 14.5. The van der Waals surface area contributed by atoms with Gasteiger partial charge in [0.15, 0.2) is 0 Å². The number of aromatic nitrogens is 1. The first-order valence-corrected chi connectivity index (χ1v) is 5.69. The highest BCUT2D eigenvalue weighted by Gasteiger charge is 2.12. The second-order valence-electron chi connectivity index (χ2n) is 3.86. The minimum atomic E-state index is -1.07. The van der Waals surface area contributed by atoms with Gasteiger partial charge in [0.25, 0.3) is 0 Å². The summed E-state index contributed by atoms with van der Waals surface area (Å²) in [6.07, 6.45) is 1.56. The Labute approximate surface area is 115 Å². The summed E-state index contributed by atoms with van der Waals surface area (Å²) in [5.41, 5.74) is 1.05. The van der Waals surface area contributed by atoms with Crippen LogP contribution in [0.15, 0.2) is 36.5 Å². The van der Waals surface area contributed by atoms with Crippen molar-refractivity contribution < 1.29 is 14.6 Å². The number of methoxy groups -OCH3 is 1. The zero-order valence-corrected chi connectivity index (χ0v) is 10.6. The van der Waals surface area contributed by atoms with E-state index >= 15 is 0 Å². The molecular weight excluding hydrogens is 258 g/mol. The molecule has 2 rings (SSSR count).